The molecule has 1 heterocycles. The lowest BCUT2D eigenvalue weighted by Gasteiger charge is -2.23. The van der Waals surface area contributed by atoms with E-state index in [-0.39, 0.29) is 0 Å². The molecule has 0 saturated carbocycles. The number of rotatable bonds is 6. The van der Waals surface area contributed by atoms with Gasteiger partial charge in [0.1, 0.15) is 0 Å². The van der Waals surface area contributed by atoms with E-state index < -0.39 is 0 Å². The maximum Gasteiger partial charge on any atom is 0.0168 e. The number of hydrogen-bond acceptors (Lipinski definition) is 2. The molecule has 0 bridgehead atoms. The molecule has 1 atom stereocenters. The summed E-state index contributed by atoms with van der Waals surface area (Å²) in [7, 11) is 0. The van der Waals surface area contributed by atoms with Gasteiger partial charge in [-0.1, -0.05) is 60.7 Å². The molecule has 1 unspecified atom stereocenters. The smallest absolute Gasteiger partial charge is 0.0168 e. The Kier molecular flexibility index (Phi) is 5.36. The molecule has 2 aromatic carbocycles. The van der Waals surface area contributed by atoms with E-state index >= 15 is 0 Å². The van der Waals surface area contributed by atoms with Crippen LogP contribution in [0.15, 0.2) is 60.7 Å². The highest BCUT2D eigenvalue weighted by Crippen LogP contribution is 2.19. The Labute approximate surface area is 132 Å². The number of hydrogen-bond donors (Lipinski definition) is 1. The topological polar surface area (TPSA) is 12.0 Å². The average molecular weight is 297 g/mol. The number of thioether (sulfide) groups is 1. The SMILES string of the molecule is c1ccc(CC(Cc2ccccc2)NC2CCSC2)cc1. The van der Waals surface area contributed by atoms with Crippen molar-refractivity contribution in [2.75, 3.05) is 11.5 Å². The Hall–Kier alpha value is -1.25. The van der Waals surface area contributed by atoms with Crippen LogP contribution in [0, 0.1) is 0 Å². The van der Waals surface area contributed by atoms with E-state index in [4.69, 9.17) is 0 Å². The standard InChI is InChI=1S/C19H23NS/c1-3-7-16(8-4-1)13-19(20-18-11-12-21-15-18)14-17-9-5-2-6-10-17/h1-10,18-20H,11-15H2. The van der Waals surface area contributed by atoms with Crippen molar-refractivity contribution in [1.82, 2.24) is 5.32 Å². The first kappa shape index (κ1) is 14.7. The Morgan fingerprint density at radius 2 is 1.48 bits per heavy atom. The van der Waals surface area contributed by atoms with Crippen LogP contribution in [-0.4, -0.2) is 23.6 Å². The molecule has 0 aliphatic carbocycles. The second-order valence-electron chi connectivity index (χ2n) is 5.80. The van der Waals surface area contributed by atoms with E-state index in [9.17, 15) is 0 Å². The first-order valence-electron chi connectivity index (χ1n) is 7.82. The quantitative estimate of drug-likeness (QED) is 0.867. The fourth-order valence-corrected chi connectivity index (χ4v) is 4.15. The summed E-state index contributed by atoms with van der Waals surface area (Å²) in [5.41, 5.74) is 2.85. The van der Waals surface area contributed by atoms with Crippen molar-refractivity contribution in [3.05, 3.63) is 71.8 Å². The minimum Gasteiger partial charge on any atom is -0.310 e. The van der Waals surface area contributed by atoms with Crippen LogP contribution in [-0.2, 0) is 12.8 Å². The zero-order valence-corrected chi connectivity index (χ0v) is 13.2. The summed E-state index contributed by atoms with van der Waals surface area (Å²) in [5.74, 6) is 2.57. The van der Waals surface area contributed by atoms with Crippen molar-refractivity contribution in [3.63, 3.8) is 0 Å². The summed E-state index contributed by atoms with van der Waals surface area (Å²) < 4.78 is 0. The van der Waals surface area contributed by atoms with Gasteiger partial charge in [0.15, 0.2) is 0 Å². The van der Waals surface area contributed by atoms with Crippen molar-refractivity contribution in [3.8, 4) is 0 Å². The van der Waals surface area contributed by atoms with Gasteiger partial charge in [-0.2, -0.15) is 11.8 Å². The zero-order chi connectivity index (χ0) is 14.3. The van der Waals surface area contributed by atoms with Gasteiger partial charge in [-0.05, 0) is 36.1 Å². The molecule has 1 nitrogen and oxygen atoms in total. The van der Waals surface area contributed by atoms with Crippen LogP contribution in [0.1, 0.15) is 17.5 Å². The fraction of sp³-hybridized carbons (Fsp3) is 0.368. The molecule has 0 aromatic heterocycles. The highest BCUT2D eigenvalue weighted by Gasteiger charge is 2.20. The molecule has 21 heavy (non-hydrogen) atoms. The zero-order valence-electron chi connectivity index (χ0n) is 12.4. The van der Waals surface area contributed by atoms with Crippen LogP contribution < -0.4 is 5.32 Å². The Morgan fingerprint density at radius 1 is 0.905 bits per heavy atom. The van der Waals surface area contributed by atoms with Crippen LogP contribution in [0.4, 0.5) is 0 Å². The molecule has 0 radical (unpaired) electrons. The molecule has 2 aromatic rings. The molecule has 1 saturated heterocycles. The summed E-state index contributed by atoms with van der Waals surface area (Å²) in [6, 6.07) is 22.9. The maximum atomic E-state index is 3.89. The van der Waals surface area contributed by atoms with E-state index in [2.05, 4.69) is 77.7 Å². The summed E-state index contributed by atoms with van der Waals surface area (Å²) in [6.45, 7) is 0. The van der Waals surface area contributed by atoms with E-state index in [1.54, 1.807) is 0 Å². The van der Waals surface area contributed by atoms with Gasteiger partial charge < -0.3 is 5.32 Å². The molecule has 1 N–H and O–H groups in total. The van der Waals surface area contributed by atoms with Crippen molar-refractivity contribution in [1.29, 1.82) is 0 Å². The average Bonchev–Trinajstić information content (AvgIpc) is 3.02. The molecule has 1 aliphatic heterocycles. The highest BCUT2D eigenvalue weighted by molar-refractivity contribution is 7.99. The largest absolute Gasteiger partial charge is 0.310 e. The van der Waals surface area contributed by atoms with Gasteiger partial charge in [-0.3, -0.25) is 0 Å². The molecular weight excluding hydrogens is 274 g/mol. The predicted molar refractivity (Wildman–Crippen MR) is 92.9 cm³/mol. The van der Waals surface area contributed by atoms with Gasteiger partial charge in [0.2, 0.25) is 0 Å². The number of benzene rings is 2. The van der Waals surface area contributed by atoms with E-state index in [1.165, 1.54) is 29.1 Å². The molecule has 3 rings (SSSR count). The lowest BCUT2D eigenvalue weighted by molar-refractivity contribution is 0.443. The van der Waals surface area contributed by atoms with Crippen molar-refractivity contribution < 1.29 is 0 Å². The molecule has 1 fully saturated rings. The van der Waals surface area contributed by atoms with Crippen LogP contribution >= 0.6 is 11.8 Å². The minimum atomic E-state index is 0.526. The maximum absolute atomic E-state index is 3.89. The minimum absolute atomic E-state index is 0.526. The van der Waals surface area contributed by atoms with Gasteiger partial charge in [0.05, 0.1) is 0 Å². The Morgan fingerprint density at radius 3 is 1.95 bits per heavy atom. The first-order valence-corrected chi connectivity index (χ1v) is 8.97. The summed E-state index contributed by atoms with van der Waals surface area (Å²) in [6.07, 6.45) is 3.53. The van der Waals surface area contributed by atoms with Gasteiger partial charge in [-0.15, -0.1) is 0 Å². The summed E-state index contributed by atoms with van der Waals surface area (Å²) in [4.78, 5) is 0. The highest BCUT2D eigenvalue weighted by atomic mass is 32.2. The first-order chi connectivity index (χ1) is 10.4. The second kappa shape index (κ2) is 7.67. The molecule has 110 valence electrons. The van der Waals surface area contributed by atoms with Crippen LogP contribution in [0.25, 0.3) is 0 Å². The predicted octanol–water partition coefficient (Wildman–Crippen LogP) is 3.94. The molecule has 0 spiro atoms. The van der Waals surface area contributed by atoms with E-state index in [1.807, 2.05) is 0 Å². The number of nitrogens with one attached hydrogen (secondary N) is 1. The normalized spacial score (nSPS) is 18.2. The third-order valence-corrected chi connectivity index (χ3v) is 5.21. The van der Waals surface area contributed by atoms with Gasteiger partial charge in [-0.25, -0.2) is 0 Å². The summed E-state index contributed by atoms with van der Waals surface area (Å²) >= 11 is 2.07. The van der Waals surface area contributed by atoms with Gasteiger partial charge in [0.25, 0.3) is 0 Å². The van der Waals surface area contributed by atoms with Gasteiger partial charge >= 0.3 is 0 Å². The Bertz CT molecular complexity index is 478. The lowest BCUT2D eigenvalue weighted by Crippen LogP contribution is -2.41. The van der Waals surface area contributed by atoms with Crippen LogP contribution in [0.5, 0.6) is 0 Å². The monoisotopic (exact) mass is 297 g/mol. The Balaban J connectivity index is 1.67. The third kappa shape index (κ3) is 4.62. The molecular formula is C19H23NS. The van der Waals surface area contributed by atoms with Crippen molar-refractivity contribution in [2.45, 2.75) is 31.3 Å². The van der Waals surface area contributed by atoms with Crippen LogP contribution in [0.3, 0.4) is 0 Å². The van der Waals surface area contributed by atoms with Gasteiger partial charge in [0, 0.05) is 17.8 Å². The molecule has 1 aliphatic rings. The van der Waals surface area contributed by atoms with E-state index in [0.717, 1.165) is 12.8 Å². The second-order valence-corrected chi connectivity index (χ2v) is 6.95. The van der Waals surface area contributed by atoms with Crippen molar-refractivity contribution >= 4 is 11.8 Å². The summed E-state index contributed by atoms with van der Waals surface area (Å²) in [5, 5.41) is 3.89. The molecule has 0 amide bonds. The van der Waals surface area contributed by atoms with E-state index in [0.29, 0.717) is 12.1 Å². The lowest BCUT2D eigenvalue weighted by atomic mass is 9.98. The molecule has 2 heteroatoms. The van der Waals surface area contributed by atoms with Crippen LogP contribution in [0.2, 0.25) is 0 Å². The fourth-order valence-electron chi connectivity index (χ4n) is 2.99. The van der Waals surface area contributed by atoms with Crippen molar-refractivity contribution in [2.24, 2.45) is 0 Å². The third-order valence-electron chi connectivity index (χ3n) is 4.05.